The van der Waals surface area contributed by atoms with Gasteiger partial charge in [-0.15, -0.1) is 12.6 Å². The molecule has 31 heavy (non-hydrogen) atoms. The fourth-order valence-corrected chi connectivity index (χ4v) is 2.77. The zero-order valence-corrected chi connectivity index (χ0v) is 19.4. The minimum absolute atomic E-state index is 0.0741. The van der Waals surface area contributed by atoms with E-state index in [1.165, 1.54) is 18.1 Å². The van der Waals surface area contributed by atoms with Gasteiger partial charge in [0.05, 0.1) is 4.90 Å². The van der Waals surface area contributed by atoms with Crippen LogP contribution in [0.1, 0.15) is 49.4 Å². The summed E-state index contributed by atoms with van der Waals surface area (Å²) in [6, 6.07) is 16.3. The Kier molecular flexibility index (Phi) is 11.0. The SMILES string of the molecule is C=C1c2cc(F)c(F)c(S)c21.CCC.CCc1ccccc1.Cc1ccc(N)cc1F. The lowest BCUT2D eigenvalue weighted by molar-refractivity contribution is 0.493. The normalized spacial score (nSPS) is 10.4. The molecule has 5 heteroatoms. The summed E-state index contributed by atoms with van der Waals surface area (Å²) in [6.07, 6.45) is 2.39. The molecule has 0 heterocycles. The Morgan fingerprint density at radius 3 is 1.94 bits per heavy atom. The van der Waals surface area contributed by atoms with Crippen LogP contribution < -0.4 is 5.73 Å². The average molecular weight is 446 g/mol. The van der Waals surface area contributed by atoms with Crippen LogP contribution >= 0.6 is 12.6 Å². The molecule has 3 aromatic rings. The van der Waals surface area contributed by atoms with Crippen LogP contribution in [0, 0.1) is 24.4 Å². The molecule has 3 aromatic carbocycles. The second kappa shape index (κ2) is 12.9. The highest BCUT2D eigenvalue weighted by atomic mass is 32.1. The lowest BCUT2D eigenvalue weighted by Gasteiger charge is -1.94. The summed E-state index contributed by atoms with van der Waals surface area (Å²) >= 11 is 3.82. The van der Waals surface area contributed by atoms with Crippen molar-refractivity contribution in [1.29, 1.82) is 0 Å². The first-order chi connectivity index (χ1) is 14.7. The van der Waals surface area contributed by atoms with Crippen LogP contribution in [0.3, 0.4) is 0 Å². The van der Waals surface area contributed by atoms with Gasteiger partial charge in [-0.05, 0) is 53.8 Å². The Morgan fingerprint density at radius 2 is 1.48 bits per heavy atom. The van der Waals surface area contributed by atoms with Gasteiger partial charge in [0, 0.05) is 11.3 Å². The van der Waals surface area contributed by atoms with Crippen molar-refractivity contribution in [1.82, 2.24) is 0 Å². The Morgan fingerprint density at radius 1 is 0.903 bits per heavy atom. The third kappa shape index (κ3) is 8.18. The van der Waals surface area contributed by atoms with Crippen LogP contribution in [-0.4, -0.2) is 0 Å². The lowest BCUT2D eigenvalue weighted by Crippen LogP contribution is -1.87. The smallest absolute Gasteiger partial charge is 0.172 e. The fourth-order valence-electron chi connectivity index (χ4n) is 2.41. The van der Waals surface area contributed by atoms with Crippen molar-refractivity contribution in [3.05, 3.63) is 101 Å². The molecular formula is C26H30F3NS. The van der Waals surface area contributed by atoms with Gasteiger partial charge >= 0.3 is 0 Å². The molecule has 1 aliphatic rings. The Balaban J connectivity index is 0.000000221. The van der Waals surface area contributed by atoms with E-state index in [4.69, 9.17) is 5.73 Å². The molecule has 0 saturated carbocycles. The summed E-state index contributed by atoms with van der Waals surface area (Å²) in [6.45, 7) is 11.7. The number of thiol groups is 1. The number of fused-ring (bicyclic) bond motifs is 1. The van der Waals surface area contributed by atoms with Crippen LogP contribution in [0.5, 0.6) is 0 Å². The highest BCUT2D eigenvalue weighted by molar-refractivity contribution is 7.80. The van der Waals surface area contributed by atoms with Crippen LogP contribution in [0.15, 0.2) is 66.1 Å². The fraction of sp³-hybridized carbons (Fsp3) is 0.231. The molecule has 0 spiro atoms. The number of halogens is 3. The van der Waals surface area contributed by atoms with E-state index in [0.717, 1.165) is 12.5 Å². The number of anilines is 1. The zero-order valence-electron chi connectivity index (χ0n) is 18.5. The lowest BCUT2D eigenvalue weighted by atomic mass is 10.2. The summed E-state index contributed by atoms with van der Waals surface area (Å²) in [5.41, 5.74) is 9.84. The first kappa shape index (κ1) is 26.4. The van der Waals surface area contributed by atoms with Crippen LogP contribution in [0.4, 0.5) is 18.9 Å². The number of nitrogen functional groups attached to an aromatic ring is 1. The van der Waals surface area contributed by atoms with Gasteiger partial charge in [-0.2, -0.15) is 0 Å². The molecule has 0 fully saturated rings. The van der Waals surface area contributed by atoms with E-state index >= 15 is 0 Å². The van der Waals surface area contributed by atoms with Gasteiger partial charge in [0.25, 0.3) is 0 Å². The van der Waals surface area contributed by atoms with Gasteiger partial charge < -0.3 is 5.73 Å². The van der Waals surface area contributed by atoms with Gasteiger partial charge in [-0.3, -0.25) is 0 Å². The standard InChI is InChI=1S/C8H4F2S.C8H10.C7H8FN.C3H8/c1-3-4-2-5(9)7(10)8(11)6(3)4;1-2-8-6-4-3-5-7-8;1-5-2-3-6(9)4-7(5)8;1-3-2/h2,11H,1H2;3-7H,2H2,1H3;2-4H,9H2,1H3;3H2,1-2H3. The maximum absolute atomic E-state index is 12.7. The third-order valence-corrected chi connectivity index (χ3v) is 4.63. The van der Waals surface area contributed by atoms with E-state index in [1.807, 2.05) is 6.07 Å². The second-order valence-corrected chi connectivity index (χ2v) is 7.42. The number of nitrogens with two attached hydrogens (primary N) is 1. The molecule has 4 rings (SSSR count). The van der Waals surface area contributed by atoms with Gasteiger partial charge in [0.15, 0.2) is 11.6 Å². The first-order valence-corrected chi connectivity index (χ1v) is 10.6. The van der Waals surface area contributed by atoms with Crippen LogP contribution in [0.25, 0.3) is 5.57 Å². The number of hydrogen-bond donors (Lipinski definition) is 2. The molecule has 0 bridgehead atoms. The van der Waals surface area contributed by atoms with Crippen LogP contribution in [0.2, 0.25) is 0 Å². The van der Waals surface area contributed by atoms with Gasteiger partial charge in [-0.25, -0.2) is 13.2 Å². The number of benzene rings is 3. The maximum Gasteiger partial charge on any atom is 0.172 e. The Labute approximate surface area is 189 Å². The second-order valence-electron chi connectivity index (χ2n) is 6.98. The first-order valence-electron chi connectivity index (χ1n) is 10.1. The molecule has 0 radical (unpaired) electrons. The summed E-state index contributed by atoms with van der Waals surface area (Å²) < 4.78 is 37.8. The molecule has 1 aliphatic carbocycles. The van der Waals surface area contributed by atoms with Gasteiger partial charge in [-0.1, -0.05) is 70.2 Å². The number of hydrogen-bond acceptors (Lipinski definition) is 2. The molecule has 0 atom stereocenters. The molecule has 2 N–H and O–H groups in total. The number of aryl methyl sites for hydroxylation is 2. The van der Waals surface area contributed by atoms with Gasteiger partial charge in [0.2, 0.25) is 0 Å². The van der Waals surface area contributed by atoms with E-state index < -0.39 is 11.6 Å². The predicted molar refractivity (Wildman–Crippen MR) is 129 cm³/mol. The monoisotopic (exact) mass is 445 g/mol. The maximum atomic E-state index is 12.7. The average Bonchev–Trinajstić information content (AvgIpc) is 3.40. The molecular weight excluding hydrogens is 415 g/mol. The van der Waals surface area contributed by atoms with Crippen molar-refractivity contribution in [3.8, 4) is 0 Å². The minimum atomic E-state index is -0.884. The molecule has 166 valence electrons. The highest BCUT2D eigenvalue weighted by Crippen LogP contribution is 2.46. The zero-order chi connectivity index (χ0) is 23.6. The molecule has 1 nitrogen and oxygen atoms in total. The topological polar surface area (TPSA) is 26.0 Å². The summed E-state index contributed by atoms with van der Waals surface area (Å²) in [5.74, 6) is -1.98. The van der Waals surface area contributed by atoms with Crippen molar-refractivity contribution in [3.63, 3.8) is 0 Å². The summed E-state index contributed by atoms with van der Waals surface area (Å²) in [4.78, 5) is 0.0741. The predicted octanol–water partition coefficient (Wildman–Crippen LogP) is 8.01. The van der Waals surface area contributed by atoms with Gasteiger partial charge in [0.1, 0.15) is 5.82 Å². The summed E-state index contributed by atoms with van der Waals surface area (Å²) in [5, 5.41) is 0. The summed E-state index contributed by atoms with van der Waals surface area (Å²) in [7, 11) is 0. The van der Waals surface area contributed by atoms with Crippen molar-refractivity contribution >= 4 is 23.9 Å². The van der Waals surface area contributed by atoms with E-state index in [1.54, 1.807) is 19.1 Å². The molecule has 0 saturated heterocycles. The third-order valence-electron chi connectivity index (χ3n) is 4.21. The van der Waals surface area contributed by atoms with Crippen molar-refractivity contribution < 1.29 is 13.2 Å². The van der Waals surface area contributed by atoms with Crippen molar-refractivity contribution in [2.45, 2.75) is 45.4 Å². The quantitative estimate of drug-likeness (QED) is 0.225. The van der Waals surface area contributed by atoms with Crippen molar-refractivity contribution in [2.75, 3.05) is 5.73 Å². The number of rotatable bonds is 1. The van der Waals surface area contributed by atoms with E-state index in [2.05, 4.69) is 64.2 Å². The Bertz CT molecular complexity index is 1000. The molecule has 0 aliphatic heterocycles. The molecule has 0 aromatic heterocycles. The molecule has 0 unspecified atom stereocenters. The highest BCUT2D eigenvalue weighted by Gasteiger charge is 2.29. The van der Waals surface area contributed by atoms with Crippen molar-refractivity contribution in [2.24, 2.45) is 0 Å². The van der Waals surface area contributed by atoms with Crippen LogP contribution in [-0.2, 0) is 6.42 Å². The largest absolute Gasteiger partial charge is 0.399 e. The minimum Gasteiger partial charge on any atom is -0.399 e. The molecule has 0 amide bonds. The Hall–Kier alpha value is -2.66. The van der Waals surface area contributed by atoms with E-state index in [-0.39, 0.29) is 10.7 Å². The van der Waals surface area contributed by atoms with E-state index in [9.17, 15) is 13.2 Å². The van der Waals surface area contributed by atoms with E-state index in [0.29, 0.717) is 28.0 Å².